The molecule has 0 aliphatic carbocycles. The summed E-state index contributed by atoms with van der Waals surface area (Å²) in [5.74, 6) is 0. The van der Waals surface area contributed by atoms with Gasteiger partial charge in [-0.05, 0) is 51.2 Å². The molecule has 16 heteroatoms. The largest absolute Gasteiger partial charge is 0.436 e. The van der Waals surface area contributed by atoms with Gasteiger partial charge in [0, 0.05) is 6.61 Å². The molecule has 1 radical (unpaired) electrons. The van der Waals surface area contributed by atoms with Gasteiger partial charge in [-0.25, -0.2) is 0 Å². The molecule has 0 saturated heterocycles. The lowest BCUT2D eigenvalue weighted by molar-refractivity contribution is -0.0268. The molecule has 0 spiro atoms. The second kappa shape index (κ2) is 34.6. The fourth-order valence-electron chi connectivity index (χ4n) is 4.43. The molecule has 0 aliphatic heterocycles. The molecule has 0 aromatic carbocycles. The predicted molar refractivity (Wildman–Crippen MR) is 189 cm³/mol. The van der Waals surface area contributed by atoms with Crippen LogP contribution in [-0.2, 0) is 55.6 Å². The Morgan fingerprint density at radius 1 is 0.447 bits per heavy atom. The van der Waals surface area contributed by atoms with Crippen LogP contribution in [0.4, 0.5) is 0 Å². The molecule has 0 fully saturated rings. The van der Waals surface area contributed by atoms with Crippen molar-refractivity contribution in [1.29, 1.82) is 0 Å². The quantitative estimate of drug-likeness (QED) is 0.0732. The summed E-state index contributed by atoms with van der Waals surface area (Å²) < 4.78 is 67.8. The van der Waals surface area contributed by atoms with Gasteiger partial charge in [-0.15, -0.1) is 0 Å². The van der Waals surface area contributed by atoms with E-state index < -0.39 is 25.9 Å². The molecule has 1 unspecified atom stereocenters. The number of aliphatic hydroxyl groups is 1. The van der Waals surface area contributed by atoms with Crippen molar-refractivity contribution in [3.8, 4) is 0 Å². The molecule has 1 N–H and O–H groups in total. The summed E-state index contributed by atoms with van der Waals surface area (Å²) in [5, 5.41) is 8.59. The van der Waals surface area contributed by atoms with Crippen molar-refractivity contribution >= 4 is 25.9 Å². The third-order valence-corrected chi connectivity index (χ3v) is 16.5. The normalized spacial score (nSPS) is 13.5. The number of hydrogen-bond donors (Lipinski definition) is 1. The zero-order valence-corrected chi connectivity index (χ0v) is 33.5. The Hall–Kier alpha value is 0.131. The molecular weight excluding hydrogens is 665 g/mol. The summed E-state index contributed by atoms with van der Waals surface area (Å²) in [5.41, 5.74) is 0. The van der Waals surface area contributed by atoms with Gasteiger partial charge in [0.25, 0.3) is 0 Å². The van der Waals surface area contributed by atoms with E-state index in [1.165, 1.54) is 6.04 Å². The topological polar surface area (TPSA) is 131 Å². The number of rotatable bonds is 39. The Morgan fingerprint density at radius 3 is 1.02 bits per heavy atom. The first-order chi connectivity index (χ1) is 22.7. The Bertz CT molecular complexity index is 641. The summed E-state index contributed by atoms with van der Waals surface area (Å²) in [7, 11) is -4.65. The van der Waals surface area contributed by atoms with Gasteiger partial charge in [0.05, 0.1) is 132 Å². The molecule has 0 bridgehead atoms. The van der Waals surface area contributed by atoms with Crippen molar-refractivity contribution in [3.05, 3.63) is 0 Å². The van der Waals surface area contributed by atoms with Gasteiger partial charge in [0.1, 0.15) is 0 Å². The van der Waals surface area contributed by atoms with Gasteiger partial charge >= 0.3 is 8.56 Å². The first-order valence-electron chi connectivity index (χ1n) is 17.3. The van der Waals surface area contributed by atoms with Crippen LogP contribution in [0.15, 0.2) is 0 Å². The molecular formula is C31H69O13Si3. The van der Waals surface area contributed by atoms with E-state index in [-0.39, 0.29) is 6.61 Å². The third-order valence-electron chi connectivity index (χ3n) is 6.27. The number of ether oxygens (including phenoxy) is 10. The Kier molecular flexibility index (Phi) is 34.7. The fraction of sp³-hybridized carbons (Fsp3) is 1.00. The smallest absolute Gasteiger partial charge is 0.314 e. The van der Waals surface area contributed by atoms with E-state index in [0.717, 1.165) is 18.9 Å². The van der Waals surface area contributed by atoms with E-state index in [4.69, 9.17) is 60.7 Å². The minimum absolute atomic E-state index is 0.0269. The monoisotopic (exact) mass is 733 g/mol. The van der Waals surface area contributed by atoms with Gasteiger partial charge < -0.3 is 60.7 Å². The summed E-state index contributed by atoms with van der Waals surface area (Å²) >= 11 is 0. The van der Waals surface area contributed by atoms with Crippen LogP contribution in [0.3, 0.4) is 0 Å². The summed E-state index contributed by atoms with van der Waals surface area (Å²) in [4.78, 5) is 0. The van der Waals surface area contributed by atoms with E-state index in [2.05, 4.69) is 39.7 Å². The maximum Gasteiger partial charge on any atom is 0.314 e. The first-order valence-corrected chi connectivity index (χ1v) is 25.4. The average Bonchev–Trinajstić information content (AvgIpc) is 3.00. The Balaban J connectivity index is 3.35. The van der Waals surface area contributed by atoms with Gasteiger partial charge in [-0.2, -0.15) is 0 Å². The van der Waals surface area contributed by atoms with E-state index in [1.54, 1.807) is 0 Å². The van der Waals surface area contributed by atoms with Crippen LogP contribution in [0, 0.1) is 0 Å². The van der Waals surface area contributed by atoms with Crippen molar-refractivity contribution in [2.45, 2.75) is 64.6 Å². The highest BCUT2D eigenvalue weighted by Gasteiger charge is 2.38. The standard InChI is InChI=1S/C31H69O13Si3/c1-7-30-46(4,5)44-47(6,43-45(2)3)31-8-10-33-12-14-35-16-18-37-20-22-39-24-26-41-28-29-42-27-25-40-23-21-38-19-17-36-15-13-34-11-9-32/h32H,7-31H2,1-6H3. The third kappa shape index (κ3) is 35.7. The van der Waals surface area contributed by atoms with Crippen LogP contribution in [0.25, 0.3) is 0 Å². The second-order valence-electron chi connectivity index (χ2n) is 11.7. The SMILES string of the molecule is CCC[Si](C)(C)O[Si](C)(CCCOCCOCCOCCOCCOCCOCCOCCOCCOCCOCCO)O[Si](C)C. The zero-order chi connectivity index (χ0) is 34.7. The van der Waals surface area contributed by atoms with Crippen molar-refractivity contribution in [1.82, 2.24) is 0 Å². The average molecular weight is 734 g/mol. The molecule has 1 atom stereocenters. The number of hydrogen-bond acceptors (Lipinski definition) is 13. The molecule has 0 heterocycles. The molecule has 13 nitrogen and oxygen atoms in total. The summed E-state index contributed by atoms with van der Waals surface area (Å²) in [6.45, 7) is 23.8. The molecule has 0 amide bonds. The lowest BCUT2D eigenvalue weighted by Crippen LogP contribution is -2.50. The molecule has 283 valence electrons. The minimum Gasteiger partial charge on any atom is -0.436 e. The van der Waals surface area contributed by atoms with Crippen LogP contribution >= 0.6 is 0 Å². The molecule has 0 aromatic heterocycles. The number of aliphatic hydroxyl groups excluding tert-OH is 1. The Labute approximate surface area is 289 Å². The van der Waals surface area contributed by atoms with Crippen LogP contribution < -0.4 is 0 Å². The molecule has 0 rings (SSSR count). The van der Waals surface area contributed by atoms with Gasteiger partial charge in [-0.3, -0.25) is 0 Å². The highest BCUT2D eigenvalue weighted by molar-refractivity contribution is 6.85. The van der Waals surface area contributed by atoms with Gasteiger partial charge in [0.2, 0.25) is 0 Å². The first kappa shape index (κ1) is 47.1. The molecule has 47 heavy (non-hydrogen) atoms. The highest BCUT2D eigenvalue weighted by Crippen LogP contribution is 2.25. The van der Waals surface area contributed by atoms with E-state index >= 15 is 0 Å². The predicted octanol–water partition coefficient (Wildman–Crippen LogP) is 3.51. The van der Waals surface area contributed by atoms with E-state index in [0.29, 0.717) is 132 Å². The second-order valence-corrected chi connectivity index (χ2v) is 21.9. The van der Waals surface area contributed by atoms with E-state index in [1.807, 2.05) is 0 Å². The fourth-order valence-corrected chi connectivity index (χ4v) is 16.3. The van der Waals surface area contributed by atoms with Crippen molar-refractivity contribution in [3.63, 3.8) is 0 Å². The van der Waals surface area contributed by atoms with Gasteiger partial charge in [-0.1, -0.05) is 13.3 Å². The van der Waals surface area contributed by atoms with Gasteiger partial charge in [0.15, 0.2) is 17.4 Å². The van der Waals surface area contributed by atoms with Crippen molar-refractivity contribution in [2.24, 2.45) is 0 Å². The maximum absolute atomic E-state index is 8.59. The lowest BCUT2D eigenvalue weighted by Gasteiger charge is -2.37. The van der Waals surface area contributed by atoms with Crippen molar-refractivity contribution in [2.75, 3.05) is 139 Å². The van der Waals surface area contributed by atoms with Crippen LogP contribution in [0.5, 0.6) is 0 Å². The lowest BCUT2D eigenvalue weighted by atomic mass is 10.5. The highest BCUT2D eigenvalue weighted by atomic mass is 28.5. The minimum atomic E-state index is -2.17. The van der Waals surface area contributed by atoms with Crippen molar-refractivity contribution < 1.29 is 60.7 Å². The van der Waals surface area contributed by atoms with Crippen LogP contribution in [-0.4, -0.2) is 170 Å². The van der Waals surface area contributed by atoms with Crippen LogP contribution in [0.2, 0.25) is 44.8 Å². The Morgan fingerprint density at radius 2 is 0.745 bits per heavy atom. The molecule has 0 saturated carbocycles. The van der Waals surface area contributed by atoms with Crippen LogP contribution in [0.1, 0.15) is 19.8 Å². The van der Waals surface area contributed by atoms with E-state index in [9.17, 15) is 0 Å². The summed E-state index contributed by atoms with van der Waals surface area (Å²) in [6.07, 6.45) is 2.11. The maximum atomic E-state index is 8.59. The summed E-state index contributed by atoms with van der Waals surface area (Å²) in [6, 6.07) is 2.14. The molecule has 0 aliphatic rings. The molecule has 0 aromatic rings. The zero-order valence-electron chi connectivity index (χ0n) is 30.5.